The molecule has 0 unspecified atom stereocenters. The summed E-state index contributed by atoms with van der Waals surface area (Å²) in [5.74, 6) is 0.673. The Morgan fingerprint density at radius 1 is 1.30 bits per heavy atom. The van der Waals surface area contributed by atoms with Crippen LogP contribution in [0.2, 0.25) is 0 Å². The highest BCUT2D eigenvalue weighted by Crippen LogP contribution is 2.25. The van der Waals surface area contributed by atoms with Gasteiger partial charge in [0.05, 0.1) is 0 Å². The molecule has 0 aliphatic heterocycles. The summed E-state index contributed by atoms with van der Waals surface area (Å²) in [6.07, 6.45) is 8.17. The third-order valence-electron chi connectivity index (χ3n) is 2.90. The van der Waals surface area contributed by atoms with Crippen molar-refractivity contribution in [2.75, 3.05) is 12.8 Å². The summed E-state index contributed by atoms with van der Waals surface area (Å²) in [6, 6.07) is 8.01. The van der Waals surface area contributed by atoms with Crippen molar-refractivity contribution in [1.29, 1.82) is 0 Å². The lowest BCUT2D eigenvalue weighted by Gasteiger charge is -2.06. The molecule has 0 heterocycles. The highest BCUT2D eigenvalue weighted by Gasteiger charge is 2.02. The number of thioether (sulfide) groups is 1. The van der Waals surface area contributed by atoms with Crippen LogP contribution in [0.3, 0.4) is 0 Å². The van der Waals surface area contributed by atoms with E-state index in [4.69, 9.17) is 5.21 Å². The van der Waals surface area contributed by atoms with Crippen molar-refractivity contribution < 1.29 is 10.0 Å². The molecule has 0 atom stereocenters. The van der Waals surface area contributed by atoms with E-state index in [0.29, 0.717) is 5.06 Å². The maximum atomic E-state index is 11.3. The molecule has 20 heavy (non-hydrogen) atoms. The number of carbonyl (C=O) groups excluding carboxylic acids is 1. The van der Waals surface area contributed by atoms with E-state index in [0.717, 1.165) is 11.3 Å². The number of amides is 1. The zero-order valence-electron chi connectivity index (χ0n) is 12.2. The molecule has 1 N–H and O–H groups in total. The molecule has 1 aromatic rings. The van der Waals surface area contributed by atoms with Gasteiger partial charge in [0.2, 0.25) is 0 Å². The maximum Gasteiger partial charge on any atom is 0.269 e. The van der Waals surface area contributed by atoms with Crippen LogP contribution in [-0.4, -0.2) is 29.0 Å². The van der Waals surface area contributed by atoms with Crippen molar-refractivity contribution in [2.24, 2.45) is 0 Å². The highest BCUT2D eigenvalue weighted by atomic mass is 32.2. The van der Waals surface area contributed by atoms with Crippen molar-refractivity contribution >= 4 is 23.7 Å². The number of hydrogen-bond acceptors (Lipinski definition) is 3. The molecule has 0 fully saturated rings. The van der Waals surface area contributed by atoms with E-state index in [1.54, 1.807) is 6.08 Å². The first-order valence-corrected chi connectivity index (χ1v) is 8.00. The van der Waals surface area contributed by atoms with Crippen molar-refractivity contribution in [3.63, 3.8) is 0 Å². The number of rotatable bonds is 8. The Morgan fingerprint density at radius 3 is 2.75 bits per heavy atom. The first-order valence-electron chi connectivity index (χ1n) is 7.01. The number of likely N-dealkylation sites (N-methyl/N-ethyl adjacent to an activating group) is 1. The number of benzene rings is 1. The molecule has 0 bridgehead atoms. The first kappa shape index (κ1) is 16.8. The van der Waals surface area contributed by atoms with Crippen LogP contribution in [0.25, 0.3) is 6.08 Å². The topological polar surface area (TPSA) is 40.5 Å². The van der Waals surface area contributed by atoms with Gasteiger partial charge in [0, 0.05) is 18.0 Å². The second-order valence-electron chi connectivity index (χ2n) is 4.64. The Labute approximate surface area is 125 Å². The number of unbranched alkanes of at least 4 members (excludes halogenated alkanes) is 3. The Bertz CT molecular complexity index is 444. The average Bonchev–Trinajstić information content (AvgIpc) is 2.45. The average molecular weight is 293 g/mol. The van der Waals surface area contributed by atoms with Gasteiger partial charge in [-0.15, -0.1) is 11.8 Å². The van der Waals surface area contributed by atoms with E-state index >= 15 is 0 Å². The van der Waals surface area contributed by atoms with Crippen LogP contribution in [0.5, 0.6) is 0 Å². The second-order valence-corrected chi connectivity index (χ2v) is 5.78. The van der Waals surface area contributed by atoms with Crippen LogP contribution >= 0.6 is 11.8 Å². The molecule has 4 heteroatoms. The van der Waals surface area contributed by atoms with Crippen LogP contribution in [0, 0.1) is 0 Å². The number of hydrogen-bond donors (Lipinski definition) is 1. The smallest absolute Gasteiger partial charge is 0.269 e. The fourth-order valence-electron chi connectivity index (χ4n) is 1.73. The summed E-state index contributed by atoms with van der Waals surface area (Å²) in [6.45, 7) is 2.21. The predicted octanol–water partition coefficient (Wildman–Crippen LogP) is 4.22. The number of hydroxylamine groups is 2. The third-order valence-corrected chi connectivity index (χ3v) is 4.07. The van der Waals surface area contributed by atoms with Crippen molar-refractivity contribution in [3.8, 4) is 0 Å². The van der Waals surface area contributed by atoms with E-state index in [9.17, 15) is 4.79 Å². The van der Waals surface area contributed by atoms with Gasteiger partial charge in [-0.25, -0.2) is 5.06 Å². The Hall–Kier alpha value is -1.26. The molecule has 1 aromatic carbocycles. The standard InChI is InChI=1S/C16H23NO2S/c1-3-4-5-8-13-20-15-10-7-6-9-14(15)11-12-16(18)17(2)19/h6-7,9-12,19H,3-5,8,13H2,1-2H3. The Morgan fingerprint density at radius 2 is 2.05 bits per heavy atom. The molecule has 0 saturated carbocycles. The molecule has 1 amide bonds. The second kappa shape index (κ2) is 9.61. The van der Waals surface area contributed by atoms with Gasteiger partial charge in [-0.2, -0.15) is 0 Å². The van der Waals surface area contributed by atoms with Crippen molar-refractivity contribution in [2.45, 2.75) is 37.5 Å². The van der Waals surface area contributed by atoms with Gasteiger partial charge >= 0.3 is 0 Å². The summed E-state index contributed by atoms with van der Waals surface area (Å²) < 4.78 is 0. The molecule has 0 saturated heterocycles. The lowest BCUT2D eigenvalue weighted by Crippen LogP contribution is -2.19. The fourth-order valence-corrected chi connectivity index (χ4v) is 2.78. The van der Waals surface area contributed by atoms with Crippen LogP contribution in [0.4, 0.5) is 0 Å². The lowest BCUT2D eigenvalue weighted by atomic mass is 10.2. The minimum absolute atomic E-state index is 0.423. The quantitative estimate of drug-likeness (QED) is 0.256. The molecule has 0 aliphatic carbocycles. The molecular weight excluding hydrogens is 270 g/mol. The SMILES string of the molecule is CCCCCCSc1ccccc1C=CC(=O)N(C)O. The summed E-state index contributed by atoms with van der Waals surface area (Å²) >= 11 is 1.82. The number of carbonyl (C=O) groups is 1. The molecule has 0 aromatic heterocycles. The van der Waals surface area contributed by atoms with E-state index in [-0.39, 0.29) is 0 Å². The molecule has 1 rings (SSSR count). The Kier molecular flexibility index (Phi) is 8.07. The minimum Gasteiger partial charge on any atom is -0.286 e. The largest absolute Gasteiger partial charge is 0.286 e. The van der Waals surface area contributed by atoms with Crippen molar-refractivity contribution in [3.05, 3.63) is 35.9 Å². The van der Waals surface area contributed by atoms with Gasteiger partial charge < -0.3 is 0 Å². The van der Waals surface area contributed by atoms with E-state index in [2.05, 4.69) is 13.0 Å². The van der Waals surface area contributed by atoms with E-state index < -0.39 is 5.91 Å². The van der Waals surface area contributed by atoms with E-state index in [1.165, 1.54) is 43.7 Å². The zero-order chi connectivity index (χ0) is 14.8. The highest BCUT2D eigenvalue weighted by molar-refractivity contribution is 7.99. The molecule has 0 aliphatic rings. The van der Waals surface area contributed by atoms with Gasteiger partial charge in [0.1, 0.15) is 0 Å². The summed E-state index contributed by atoms with van der Waals surface area (Å²) in [7, 11) is 1.32. The van der Waals surface area contributed by atoms with Gasteiger partial charge in [0.25, 0.3) is 5.91 Å². The fraction of sp³-hybridized carbons (Fsp3) is 0.438. The monoisotopic (exact) mass is 293 g/mol. The van der Waals surface area contributed by atoms with Crippen LogP contribution in [-0.2, 0) is 4.79 Å². The normalized spacial score (nSPS) is 10.9. The molecule has 110 valence electrons. The van der Waals surface area contributed by atoms with Crippen LogP contribution < -0.4 is 0 Å². The molecule has 0 radical (unpaired) electrons. The molecule has 3 nitrogen and oxygen atoms in total. The van der Waals surface area contributed by atoms with Gasteiger partial charge in [-0.3, -0.25) is 10.0 Å². The van der Waals surface area contributed by atoms with Gasteiger partial charge in [-0.05, 0) is 29.9 Å². The Balaban J connectivity index is 2.57. The first-order chi connectivity index (χ1) is 9.65. The van der Waals surface area contributed by atoms with Gasteiger partial charge in [0.15, 0.2) is 0 Å². The molecular formula is C16H23NO2S. The van der Waals surface area contributed by atoms with Gasteiger partial charge in [-0.1, -0.05) is 44.4 Å². The minimum atomic E-state index is -0.423. The van der Waals surface area contributed by atoms with E-state index in [1.807, 2.05) is 30.0 Å². The van der Waals surface area contributed by atoms with Crippen LogP contribution in [0.1, 0.15) is 38.2 Å². The maximum absolute atomic E-state index is 11.3. The summed E-state index contributed by atoms with van der Waals surface area (Å²) in [5.41, 5.74) is 1.02. The number of nitrogens with zero attached hydrogens (tertiary/aromatic N) is 1. The lowest BCUT2D eigenvalue weighted by molar-refractivity contribution is -0.153. The third kappa shape index (κ3) is 6.26. The zero-order valence-corrected chi connectivity index (χ0v) is 13.0. The van der Waals surface area contributed by atoms with Crippen LogP contribution in [0.15, 0.2) is 35.2 Å². The molecule has 0 spiro atoms. The summed E-state index contributed by atoms with van der Waals surface area (Å²) in [4.78, 5) is 12.5. The summed E-state index contributed by atoms with van der Waals surface area (Å²) in [5, 5.41) is 9.60. The predicted molar refractivity (Wildman–Crippen MR) is 84.9 cm³/mol. The van der Waals surface area contributed by atoms with Crippen molar-refractivity contribution in [1.82, 2.24) is 5.06 Å².